The molecule has 1 atom stereocenters. The minimum Gasteiger partial charge on any atom is -0.383 e. The van der Waals surface area contributed by atoms with Crippen LogP contribution in [-0.4, -0.2) is 17.3 Å². The molecule has 1 heterocycles. The van der Waals surface area contributed by atoms with Crippen molar-refractivity contribution in [3.63, 3.8) is 0 Å². The standard InChI is InChI=1S/C15H17Cl2N3S/c1-2-19-13(11-7-10(16)8-20-15(11)18)9-21-14-6-4-3-5-12(14)17/h3-8,13,19H,2,9H2,1H3,(H2,18,20). The first-order valence-corrected chi connectivity index (χ1v) is 8.37. The Labute approximate surface area is 139 Å². The van der Waals surface area contributed by atoms with Gasteiger partial charge in [0.1, 0.15) is 5.82 Å². The van der Waals surface area contributed by atoms with Gasteiger partial charge in [-0.25, -0.2) is 4.98 Å². The van der Waals surface area contributed by atoms with Crippen molar-refractivity contribution < 1.29 is 0 Å². The minimum atomic E-state index is 0.0717. The molecule has 2 aromatic rings. The maximum atomic E-state index is 6.19. The summed E-state index contributed by atoms with van der Waals surface area (Å²) in [6.07, 6.45) is 1.56. The van der Waals surface area contributed by atoms with Crippen molar-refractivity contribution in [2.24, 2.45) is 0 Å². The van der Waals surface area contributed by atoms with Crippen LogP contribution in [0, 0.1) is 0 Å². The lowest BCUT2D eigenvalue weighted by Gasteiger charge is -2.19. The molecule has 21 heavy (non-hydrogen) atoms. The second kappa shape index (κ2) is 7.90. The molecular formula is C15H17Cl2N3S. The van der Waals surface area contributed by atoms with E-state index in [1.807, 2.05) is 30.3 Å². The molecule has 0 radical (unpaired) electrons. The van der Waals surface area contributed by atoms with Gasteiger partial charge in [0.05, 0.1) is 10.0 Å². The van der Waals surface area contributed by atoms with E-state index in [9.17, 15) is 0 Å². The van der Waals surface area contributed by atoms with Crippen molar-refractivity contribution in [2.45, 2.75) is 17.9 Å². The van der Waals surface area contributed by atoms with Gasteiger partial charge >= 0.3 is 0 Å². The Kier molecular flexibility index (Phi) is 6.18. The van der Waals surface area contributed by atoms with Gasteiger partial charge < -0.3 is 11.1 Å². The van der Waals surface area contributed by atoms with Crippen LogP contribution >= 0.6 is 35.0 Å². The fourth-order valence-electron chi connectivity index (χ4n) is 1.98. The molecule has 3 N–H and O–H groups in total. The van der Waals surface area contributed by atoms with E-state index >= 15 is 0 Å². The third-order valence-electron chi connectivity index (χ3n) is 2.98. The van der Waals surface area contributed by atoms with Gasteiger partial charge in [0.15, 0.2) is 0 Å². The number of nitrogens with two attached hydrogens (primary N) is 1. The van der Waals surface area contributed by atoms with Gasteiger partial charge in [0.2, 0.25) is 0 Å². The number of pyridine rings is 1. The number of halogens is 2. The van der Waals surface area contributed by atoms with Crippen LogP contribution in [0.1, 0.15) is 18.5 Å². The zero-order valence-corrected chi connectivity index (χ0v) is 14.0. The molecule has 0 bridgehead atoms. The maximum Gasteiger partial charge on any atom is 0.128 e. The van der Waals surface area contributed by atoms with Crippen LogP contribution in [0.3, 0.4) is 0 Å². The Hall–Kier alpha value is -0.940. The van der Waals surface area contributed by atoms with Crippen molar-refractivity contribution >= 4 is 40.8 Å². The largest absolute Gasteiger partial charge is 0.383 e. The molecule has 3 nitrogen and oxygen atoms in total. The van der Waals surface area contributed by atoms with Crippen molar-refractivity contribution in [1.29, 1.82) is 0 Å². The fraction of sp³-hybridized carbons (Fsp3) is 0.267. The number of nitrogens with one attached hydrogen (secondary N) is 1. The Morgan fingerprint density at radius 1 is 1.33 bits per heavy atom. The van der Waals surface area contributed by atoms with Gasteiger partial charge in [-0.3, -0.25) is 0 Å². The minimum absolute atomic E-state index is 0.0717. The Morgan fingerprint density at radius 3 is 2.81 bits per heavy atom. The van der Waals surface area contributed by atoms with Gasteiger partial charge in [-0.1, -0.05) is 42.3 Å². The molecule has 1 unspecified atom stereocenters. The third-order valence-corrected chi connectivity index (χ3v) is 4.80. The van der Waals surface area contributed by atoms with E-state index in [0.717, 1.165) is 27.8 Å². The monoisotopic (exact) mass is 341 g/mol. The van der Waals surface area contributed by atoms with Crippen LogP contribution in [0.5, 0.6) is 0 Å². The number of benzene rings is 1. The van der Waals surface area contributed by atoms with Crippen LogP contribution in [0.4, 0.5) is 5.82 Å². The first-order valence-electron chi connectivity index (χ1n) is 6.63. The normalized spacial score (nSPS) is 12.3. The van der Waals surface area contributed by atoms with Crippen LogP contribution in [0.25, 0.3) is 0 Å². The molecule has 2 rings (SSSR count). The van der Waals surface area contributed by atoms with E-state index in [2.05, 4.69) is 17.2 Å². The third kappa shape index (κ3) is 4.51. The SMILES string of the molecule is CCNC(CSc1ccccc1Cl)c1cc(Cl)cnc1N. The number of aromatic nitrogens is 1. The van der Waals surface area contributed by atoms with Crippen molar-refractivity contribution in [2.75, 3.05) is 18.0 Å². The molecule has 0 spiro atoms. The van der Waals surface area contributed by atoms with Gasteiger partial charge in [-0.15, -0.1) is 11.8 Å². The Morgan fingerprint density at radius 2 is 2.10 bits per heavy atom. The molecule has 0 aliphatic heterocycles. The van der Waals surface area contributed by atoms with Gasteiger partial charge in [0.25, 0.3) is 0 Å². The quantitative estimate of drug-likeness (QED) is 0.764. The van der Waals surface area contributed by atoms with Crippen molar-refractivity contribution in [1.82, 2.24) is 10.3 Å². The number of thioether (sulfide) groups is 1. The summed E-state index contributed by atoms with van der Waals surface area (Å²) < 4.78 is 0. The number of nitrogen functional groups attached to an aromatic ring is 1. The van der Waals surface area contributed by atoms with Crippen LogP contribution < -0.4 is 11.1 Å². The number of hydrogen-bond acceptors (Lipinski definition) is 4. The van der Waals surface area contributed by atoms with Crippen LogP contribution in [0.15, 0.2) is 41.4 Å². The van der Waals surface area contributed by atoms with E-state index < -0.39 is 0 Å². The average Bonchev–Trinajstić information content (AvgIpc) is 2.48. The summed E-state index contributed by atoms with van der Waals surface area (Å²) in [5, 5.41) is 4.76. The van der Waals surface area contributed by atoms with Crippen molar-refractivity contribution in [3.8, 4) is 0 Å². The molecular weight excluding hydrogens is 325 g/mol. The lowest BCUT2D eigenvalue weighted by atomic mass is 10.1. The smallest absolute Gasteiger partial charge is 0.128 e. The zero-order chi connectivity index (χ0) is 15.2. The molecule has 6 heteroatoms. The molecule has 1 aromatic carbocycles. The topological polar surface area (TPSA) is 50.9 Å². The highest BCUT2D eigenvalue weighted by Crippen LogP contribution is 2.32. The first-order chi connectivity index (χ1) is 10.1. The molecule has 0 saturated heterocycles. The zero-order valence-electron chi connectivity index (χ0n) is 11.6. The summed E-state index contributed by atoms with van der Waals surface area (Å²) in [4.78, 5) is 5.18. The van der Waals surface area contributed by atoms with Gasteiger partial charge in [0, 0.05) is 28.5 Å². The lowest BCUT2D eigenvalue weighted by Crippen LogP contribution is -2.24. The summed E-state index contributed by atoms with van der Waals surface area (Å²) >= 11 is 13.9. The Balaban J connectivity index is 2.16. The summed E-state index contributed by atoms with van der Waals surface area (Å²) in [6, 6.07) is 9.74. The fourth-order valence-corrected chi connectivity index (χ4v) is 3.47. The lowest BCUT2D eigenvalue weighted by molar-refractivity contribution is 0.606. The number of rotatable bonds is 6. The van der Waals surface area contributed by atoms with E-state index in [-0.39, 0.29) is 6.04 Å². The van der Waals surface area contributed by atoms with Gasteiger partial charge in [-0.05, 0) is 24.7 Å². The van der Waals surface area contributed by atoms with E-state index in [0.29, 0.717) is 10.8 Å². The van der Waals surface area contributed by atoms with E-state index in [1.54, 1.807) is 18.0 Å². The summed E-state index contributed by atoms with van der Waals surface area (Å²) in [5.74, 6) is 1.30. The second-order valence-corrected chi connectivity index (χ2v) is 6.39. The number of hydrogen-bond donors (Lipinski definition) is 2. The predicted octanol–water partition coefficient (Wildman–Crippen LogP) is 4.41. The molecule has 1 aromatic heterocycles. The molecule has 112 valence electrons. The van der Waals surface area contributed by atoms with Crippen LogP contribution in [-0.2, 0) is 0 Å². The van der Waals surface area contributed by atoms with Crippen LogP contribution in [0.2, 0.25) is 10.0 Å². The summed E-state index contributed by atoms with van der Waals surface area (Å²) in [7, 11) is 0. The molecule has 0 aliphatic rings. The first kappa shape index (κ1) is 16.4. The van der Waals surface area contributed by atoms with Gasteiger partial charge in [-0.2, -0.15) is 0 Å². The highest BCUT2D eigenvalue weighted by Gasteiger charge is 2.16. The van der Waals surface area contributed by atoms with E-state index in [4.69, 9.17) is 28.9 Å². The average molecular weight is 342 g/mol. The summed E-state index contributed by atoms with van der Waals surface area (Å²) in [5.41, 5.74) is 6.89. The second-order valence-electron chi connectivity index (χ2n) is 4.48. The number of anilines is 1. The highest BCUT2D eigenvalue weighted by molar-refractivity contribution is 7.99. The molecule has 0 amide bonds. The van der Waals surface area contributed by atoms with Crippen molar-refractivity contribution in [3.05, 3.63) is 52.1 Å². The van der Waals surface area contributed by atoms with E-state index in [1.165, 1.54) is 0 Å². The summed E-state index contributed by atoms with van der Waals surface area (Å²) in [6.45, 7) is 2.89. The predicted molar refractivity (Wildman–Crippen MR) is 92.3 cm³/mol. The Bertz CT molecular complexity index is 607. The molecule has 0 fully saturated rings. The highest BCUT2D eigenvalue weighted by atomic mass is 35.5. The molecule has 0 saturated carbocycles. The number of nitrogens with zero attached hydrogens (tertiary/aromatic N) is 1. The molecule has 0 aliphatic carbocycles. The maximum absolute atomic E-state index is 6.19.